The lowest BCUT2D eigenvalue weighted by Gasteiger charge is -2.28. The van der Waals surface area contributed by atoms with Crippen molar-refractivity contribution < 1.29 is 4.57 Å². The fourth-order valence-electron chi connectivity index (χ4n) is 3.76. The first-order chi connectivity index (χ1) is 11.0. The topological polar surface area (TPSA) is 20.3 Å². The van der Waals surface area contributed by atoms with Gasteiger partial charge < -0.3 is 9.46 Å². The van der Waals surface area contributed by atoms with Gasteiger partial charge in [-0.1, -0.05) is 67.6 Å². The summed E-state index contributed by atoms with van der Waals surface area (Å²) in [7, 11) is 1.73. The Kier molecular flexibility index (Phi) is 4.49. The minimum atomic E-state index is -2.57. The number of nitrogens with zero attached hydrogens (tertiary/aromatic N) is 1. The molecule has 1 saturated carbocycles. The third kappa shape index (κ3) is 3.03. The molecule has 3 rings (SSSR count). The van der Waals surface area contributed by atoms with E-state index >= 15 is 0 Å². The molecule has 2 aromatic carbocycles. The molecule has 2 aromatic rings. The Bertz CT molecular complexity index is 655. The first-order valence-electron chi connectivity index (χ1n) is 8.37. The van der Waals surface area contributed by atoms with Crippen molar-refractivity contribution >= 4 is 17.8 Å². The van der Waals surface area contributed by atoms with E-state index < -0.39 is 7.14 Å². The molecule has 0 heterocycles. The lowest BCUT2D eigenvalue weighted by Crippen LogP contribution is -2.34. The highest BCUT2D eigenvalue weighted by Gasteiger charge is 2.53. The number of hydrogen-bond donors (Lipinski definition) is 0. The van der Waals surface area contributed by atoms with E-state index in [9.17, 15) is 4.57 Å². The largest absolute Gasteiger partial charge is 0.314 e. The molecule has 0 aromatic heterocycles. The smallest absolute Gasteiger partial charge is 0.143 e. The fourth-order valence-corrected chi connectivity index (χ4v) is 6.59. The van der Waals surface area contributed by atoms with Crippen molar-refractivity contribution in [2.75, 3.05) is 20.3 Å². The second kappa shape index (κ2) is 6.26. The van der Waals surface area contributed by atoms with Crippen LogP contribution in [0.1, 0.15) is 19.8 Å². The Morgan fingerprint density at radius 2 is 1.43 bits per heavy atom. The highest BCUT2D eigenvalue weighted by molar-refractivity contribution is 7.78. The van der Waals surface area contributed by atoms with Crippen molar-refractivity contribution in [2.45, 2.75) is 25.3 Å². The van der Waals surface area contributed by atoms with Crippen LogP contribution in [0, 0.1) is 5.92 Å². The van der Waals surface area contributed by atoms with E-state index in [2.05, 4.69) is 25.9 Å². The Morgan fingerprint density at radius 3 is 1.78 bits per heavy atom. The summed E-state index contributed by atoms with van der Waals surface area (Å²) in [6.45, 7) is 2.30. The van der Waals surface area contributed by atoms with Crippen LogP contribution in [0.2, 0.25) is 0 Å². The van der Waals surface area contributed by atoms with Crippen molar-refractivity contribution in [1.82, 2.24) is 4.90 Å². The predicted octanol–water partition coefficient (Wildman–Crippen LogP) is 3.73. The lowest BCUT2D eigenvalue weighted by molar-refractivity contribution is 0.246. The summed E-state index contributed by atoms with van der Waals surface area (Å²) in [5.41, 5.74) is 0.235. The van der Waals surface area contributed by atoms with E-state index in [1.165, 1.54) is 6.42 Å². The van der Waals surface area contributed by atoms with Gasteiger partial charge in [0.2, 0.25) is 0 Å². The van der Waals surface area contributed by atoms with Crippen LogP contribution in [-0.2, 0) is 4.57 Å². The van der Waals surface area contributed by atoms with Gasteiger partial charge in [-0.3, -0.25) is 0 Å². The number of benzene rings is 2. The molecule has 0 amide bonds. The molecule has 0 radical (unpaired) electrons. The molecule has 1 fully saturated rings. The zero-order chi connectivity index (χ0) is 16.5. The summed E-state index contributed by atoms with van der Waals surface area (Å²) in [5, 5.41) is 1.96. The van der Waals surface area contributed by atoms with Gasteiger partial charge >= 0.3 is 0 Å². The predicted molar refractivity (Wildman–Crippen MR) is 99.4 cm³/mol. The van der Waals surface area contributed by atoms with E-state index in [4.69, 9.17) is 0 Å². The van der Waals surface area contributed by atoms with Crippen LogP contribution in [0.25, 0.3) is 0 Å². The molecule has 0 spiro atoms. The lowest BCUT2D eigenvalue weighted by atomic mass is 10.1. The average molecular weight is 327 g/mol. The molecule has 2 atom stereocenters. The Hall–Kier alpha value is -1.37. The average Bonchev–Trinajstić information content (AvgIpc) is 3.26. The van der Waals surface area contributed by atoms with Gasteiger partial charge in [0, 0.05) is 22.3 Å². The summed E-state index contributed by atoms with van der Waals surface area (Å²) >= 11 is 0. The van der Waals surface area contributed by atoms with Gasteiger partial charge in [-0.15, -0.1) is 0 Å². The van der Waals surface area contributed by atoms with Crippen LogP contribution in [0.5, 0.6) is 0 Å². The van der Waals surface area contributed by atoms with Gasteiger partial charge in [-0.25, -0.2) is 0 Å². The zero-order valence-electron chi connectivity index (χ0n) is 14.3. The second-order valence-electron chi connectivity index (χ2n) is 6.99. The maximum atomic E-state index is 14.0. The molecule has 2 nitrogen and oxygen atoms in total. The first-order valence-corrected chi connectivity index (χ1v) is 10.3. The molecule has 0 bridgehead atoms. The van der Waals surface area contributed by atoms with E-state index in [1.807, 2.05) is 60.7 Å². The van der Waals surface area contributed by atoms with Gasteiger partial charge in [-0.2, -0.15) is 0 Å². The Balaban J connectivity index is 1.93. The summed E-state index contributed by atoms with van der Waals surface area (Å²) in [6.07, 6.45) is 2.94. The summed E-state index contributed by atoms with van der Waals surface area (Å²) in [6, 6.07) is 20.0. The Labute approximate surface area is 139 Å². The van der Waals surface area contributed by atoms with Crippen molar-refractivity contribution in [3.8, 4) is 0 Å². The molecule has 23 heavy (non-hydrogen) atoms. The van der Waals surface area contributed by atoms with E-state index in [1.54, 1.807) is 0 Å². The summed E-state index contributed by atoms with van der Waals surface area (Å²) in [5.74, 6) is 0.692. The molecule has 0 saturated heterocycles. The van der Waals surface area contributed by atoms with Crippen molar-refractivity contribution in [3.05, 3.63) is 60.7 Å². The third-order valence-corrected chi connectivity index (χ3v) is 8.63. The molecular weight excluding hydrogens is 301 g/mol. The molecule has 1 aliphatic carbocycles. The molecule has 0 aliphatic heterocycles. The van der Waals surface area contributed by atoms with Gasteiger partial charge in [-0.05, 0) is 32.9 Å². The zero-order valence-corrected chi connectivity index (χ0v) is 15.2. The summed E-state index contributed by atoms with van der Waals surface area (Å²) < 4.78 is 14.0. The monoisotopic (exact) mass is 327 g/mol. The fraction of sp³-hybridized carbons (Fsp3) is 0.400. The maximum Gasteiger partial charge on any atom is 0.143 e. The normalized spacial score (nSPS) is 23.9. The molecule has 1 aliphatic rings. The van der Waals surface area contributed by atoms with Crippen LogP contribution in [0.3, 0.4) is 0 Å². The van der Waals surface area contributed by atoms with Crippen molar-refractivity contribution in [2.24, 2.45) is 5.92 Å². The Morgan fingerprint density at radius 1 is 1.00 bits per heavy atom. The minimum absolute atomic E-state index is 0.235. The van der Waals surface area contributed by atoms with Crippen LogP contribution in [0.4, 0.5) is 0 Å². The number of hydrogen-bond acceptors (Lipinski definition) is 2. The standard InChI is InChI=1S/C20H26NOP/c1-17-16-20(17,21(2)3)14-15-23(22,18-10-6-4-7-11-18)19-12-8-5-9-13-19/h4-13,17H,14-16H2,1-3H3/t17-,20-/m1/s1. The van der Waals surface area contributed by atoms with E-state index in [0.717, 1.165) is 23.2 Å². The highest BCUT2D eigenvalue weighted by Crippen LogP contribution is 2.54. The summed E-state index contributed by atoms with van der Waals surface area (Å²) in [4.78, 5) is 2.33. The molecule has 3 heteroatoms. The van der Waals surface area contributed by atoms with Gasteiger partial charge in [0.25, 0.3) is 0 Å². The molecule has 0 N–H and O–H groups in total. The molecule has 0 unspecified atom stereocenters. The van der Waals surface area contributed by atoms with Crippen molar-refractivity contribution in [1.29, 1.82) is 0 Å². The van der Waals surface area contributed by atoms with Crippen LogP contribution >= 0.6 is 7.14 Å². The van der Waals surface area contributed by atoms with Gasteiger partial charge in [0.05, 0.1) is 0 Å². The van der Waals surface area contributed by atoms with Gasteiger partial charge in [0.15, 0.2) is 0 Å². The van der Waals surface area contributed by atoms with E-state index in [-0.39, 0.29) is 5.54 Å². The quantitative estimate of drug-likeness (QED) is 0.754. The third-order valence-electron chi connectivity index (χ3n) is 5.51. The van der Waals surface area contributed by atoms with Crippen LogP contribution in [-0.4, -0.2) is 30.7 Å². The van der Waals surface area contributed by atoms with Crippen LogP contribution in [0.15, 0.2) is 60.7 Å². The van der Waals surface area contributed by atoms with E-state index in [0.29, 0.717) is 5.92 Å². The maximum absolute atomic E-state index is 14.0. The second-order valence-corrected chi connectivity index (χ2v) is 9.95. The van der Waals surface area contributed by atoms with Crippen LogP contribution < -0.4 is 10.6 Å². The van der Waals surface area contributed by atoms with Gasteiger partial charge in [0.1, 0.15) is 7.14 Å². The number of rotatable bonds is 6. The first kappa shape index (κ1) is 16.5. The van der Waals surface area contributed by atoms with Crippen molar-refractivity contribution in [3.63, 3.8) is 0 Å². The minimum Gasteiger partial charge on any atom is -0.314 e. The molecular formula is C20H26NOP. The highest BCUT2D eigenvalue weighted by atomic mass is 31.2. The molecule has 122 valence electrons. The SMILES string of the molecule is C[C@@H]1C[C@@]1(CCP(=O)(c1ccccc1)c1ccccc1)N(C)C.